The van der Waals surface area contributed by atoms with E-state index in [2.05, 4.69) is 5.32 Å². The lowest BCUT2D eigenvalue weighted by Gasteiger charge is -2.11. The summed E-state index contributed by atoms with van der Waals surface area (Å²) in [6, 6.07) is 11.8. The van der Waals surface area contributed by atoms with Gasteiger partial charge in [0.1, 0.15) is 11.5 Å². The molecule has 0 heterocycles. The largest absolute Gasteiger partial charge is 0.497 e. The Bertz CT molecular complexity index is 611. The average molecular weight is 292 g/mol. The number of benzene rings is 2. The maximum Gasteiger partial charge on any atom is 0.255 e. The van der Waals surface area contributed by atoms with E-state index in [0.717, 1.165) is 0 Å². The summed E-state index contributed by atoms with van der Waals surface area (Å²) < 4.78 is 10.3. The molecule has 0 radical (unpaired) electrons. The van der Waals surface area contributed by atoms with Gasteiger partial charge in [-0.1, -0.05) is 11.6 Å². The lowest BCUT2D eigenvalue weighted by atomic mass is 10.2. The van der Waals surface area contributed by atoms with Gasteiger partial charge in [0.15, 0.2) is 0 Å². The van der Waals surface area contributed by atoms with E-state index in [0.29, 0.717) is 27.8 Å². The van der Waals surface area contributed by atoms with Crippen LogP contribution in [0.15, 0.2) is 42.5 Å². The number of amides is 1. The second-order valence-corrected chi connectivity index (χ2v) is 4.46. The summed E-state index contributed by atoms with van der Waals surface area (Å²) in [6.45, 7) is 0. The van der Waals surface area contributed by atoms with Gasteiger partial charge in [-0.3, -0.25) is 4.79 Å². The fourth-order valence-electron chi connectivity index (χ4n) is 1.71. The van der Waals surface area contributed by atoms with E-state index in [1.807, 2.05) is 0 Å². The van der Waals surface area contributed by atoms with E-state index >= 15 is 0 Å². The van der Waals surface area contributed by atoms with Gasteiger partial charge in [0.2, 0.25) is 0 Å². The maximum absolute atomic E-state index is 12.1. The van der Waals surface area contributed by atoms with Crippen LogP contribution in [0.4, 0.5) is 5.69 Å². The van der Waals surface area contributed by atoms with Crippen molar-refractivity contribution < 1.29 is 14.3 Å². The topological polar surface area (TPSA) is 47.6 Å². The highest BCUT2D eigenvalue weighted by Gasteiger charge is 2.10. The Hall–Kier alpha value is -2.20. The third kappa shape index (κ3) is 3.22. The van der Waals surface area contributed by atoms with Crippen molar-refractivity contribution in [2.45, 2.75) is 0 Å². The molecular weight excluding hydrogens is 278 g/mol. The molecule has 0 unspecified atom stereocenters. The van der Waals surface area contributed by atoms with Crippen LogP contribution in [-0.2, 0) is 0 Å². The second kappa shape index (κ2) is 6.30. The normalized spacial score (nSPS) is 9.95. The first-order valence-corrected chi connectivity index (χ1v) is 6.31. The van der Waals surface area contributed by atoms with E-state index < -0.39 is 0 Å². The van der Waals surface area contributed by atoms with Gasteiger partial charge < -0.3 is 14.8 Å². The van der Waals surface area contributed by atoms with Gasteiger partial charge in [0.25, 0.3) is 5.91 Å². The molecule has 2 aromatic carbocycles. The Labute approximate surface area is 122 Å². The Balaban J connectivity index is 2.24. The summed E-state index contributed by atoms with van der Waals surface area (Å²) in [5, 5.41) is 3.37. The molecule has 2 rings (SSSR count). The van der Waals surface area contributed by atoms with Crippen LogP contribution in [-0.4, -0.2) is 20.1 Å². The minimum Gasteiger partial charge on any atom is -0.497 e. The number of anilines is 1. The molecule has 0 atom stereocenters. The smallest absolute Gasteiger partial charge is 0.255 e. The lowest BCUT2D eigenvalue weighted by Crippen LogP contribution is -2.12. The van der Waals surface area contributed by atoms with Crippen LogP contribution >= 0.6 is 11.6 Å². The molecule has 5 heteroatoms. The summed E-state index contributed by atoms with van der Waals surface area (Å²) in [7, 11) is 3.10. The lowest BCUT2D eigenvalue weighted by molar-refractivity contribution is 0.102. The number of nitrogens with one attached hydrogen (secondary N) is 1. The molecule has 0 bridgehead atoms. The second-order valence-electron chi connectivity index (χ2n) is 4.03. The van der Waals surface area contributed by atoms with E-state index in [1.165, 1.54) is 0 Å². The zero-order chi connectivity index (χ0) is 14.5. The molecule has 0 saturated heterocycles. The highest BCUT2D eigenvalue weighted by molar-refractivity contribution is 6.30. The Morgan fingerprint density at radius 2 is 1.75 bits per heavy atom. The van der Waals surface area contributed by atoms with E-state index in [9.17, 15) is 4.79 Å². The number of methoxy groups -OCH3 is 2. The molecule has 1 amide bonds. The van der Waals surface area contributed by atoms with Crippen LogP contribution in [0.1, 0.15) is 10.4 Å². The molecule has 0 aliphatic heterocycles. The molecule has 1 N–H and O–H groups in total. The molecule has 4 nitrogen and oxygen atoms in total. The fraction of sp³-hybridized carbons (Fsp3) is 0.133. The molecule has 0 aromatic heterocycles. The minimum atomic E-state index is -0.242. The maximum atomic E-state index is 12.1. The van der Waals surface area contributed by atoms with Gasteiger partial charge in [-0.05, 0) is 36.4 Å². The van der Waals surface area contributed by atoms with Gasteiger partial charge in [0.05, 0.1) is 19.9 Å². The number of carbonyl (C=O) groups excluding carboxylic acids is 1. The third-order valence-electron chi connectivity index (χ3n) is 2.76. The number of hydrogen-bond acceptors (Lipinski definition) is 3. The molecule has 0 aliphatic carbocycles. The van der Waals surface area contributed by atoms with Crippen LogP contribution in [0.3, 0.4) is 0 Å². The molecule has 0 fully saturated rings. The van der Waals surface area contributed by atoms with Crippen molar-refractivity contribution in [3.63, 3.8) is 0 Å². The van der Waals surface area contributed by atoms with Crippen LogP contribution in [0.2, 0.25) is 5.02 Å². The van der Waals surface area contributed by atoms with Crippen molar-refractivity contribution >= 4 is 23.2 Å². The summed E-state index contributed by atoms with van der Waals surface area (Å²) >= 11 is 5.80. The van der Waals surface area contributed by atoms with Gasteiger partial charge >= 0.3 is 0 Å². The number of hydrogen-bond donors (Lipinski definition) is 1. The van der Waals surface area contributed by atoms with Gasteiger partial charge in [-0.15, -0.1) is 0 Å². The first kappa shape index (κ1) is 14.2. The van der Waals surface area contributed by atoms with Gasteiger partial charge in [-0.2, -0.15) is 0 Å². The number of halogens is 1. The molecular formula is C15H14ClNO3. The van der Waals surface area contributed by atoms with Crippen molar-refractivity contribution in [3.8, 4) is 11.5 Å². The first-order chi connectivity index (χ1) is 9.63. The molecule has 104 valence electrons. The van der Waals surface area contributed by atoms with Gasteiger partial charge in [-0.25, -0.2) is 0 Å². The van der Waals surface area contributed by atoms with Crippen molar-refractivity contribution in [2.75, 3.05) is 19.5 Å². The quantitative estimate of drug-likeness (QED) is 0.936. The number of carbonyl (C=O) groups is 1. The van der Waals surface area contributed by atoms with E-state index in [4.69, 9.17) is 21.1 Å². The minimum absolute atomic E-state index is 0.242. The predicted molar refractivity (Wildman–Crippen MR) is 79.0 cm³/mol. The Morgan fingerprint density at radius 3 is 2.35 bits per heavy atom. The van der Waals surface area contributed by atoms with Gasteiger partial charge in [0, 0.05) is 16.7 Å². The van der Waals surface area contributed by atoms with Crippen molar-refractivity contribution in [1.29, 1.82) is 0 Å². The van der Waals surface area contributed by atoms with Crippen molar-refractivity contribution in [1.82, 2.24) is 0 Å². The molecule has 2 aromatic rings. The summed E-state index contributed by atoms with van der Waals surface area (Å²) in [6.07, 6.45) is 0. The number of ether oxygens (including phenoxy) is 2. The molecule has 0 saturated carbocycles. The first-order valence-electron chi connectivity index (χ1n) is 5.93. The fourth-order valence-corrected chi connectivity index (χ4v) is 1.83. The molecule has 0 spiro atoms. The zero-order valence-electron chi connectivity index (χ0n) is 11.1. The highest BCUT2D eigenvalue weighted by atomic mass is 35.5. The SMILES string of the molecule is COc1ccc(OC)c(NC(=O)c2ccc(Cl)cc2)c1. The van der Waals surface area contributed by atoms with Crippen LogP contribution < -0.4 is 14.8 Å². The Kier molecular flexibility index (Phi) is 4.48. The summed E-state index contributed by atoms with van der Waals surface area (Å²) in [5.41, 5.74) is 1.06. The van der Waals surface area contributed by atoms with Crippen molar-refractivity contribution in [2.24, 2.45) is 0 Å². The zero-order valence-corrected chi connectivity index (χ0v) is 11.9. The van der Waals surface area contributed by atoms with Crippen LogP contribution in [0.5, 0.6) is 11.5 Å². The highest BCUT2D eigenvalue weighted by Crippen LogP contribution is 2.29. The van der Waals surface area contributed by atoms with E-state index in [-0.39, 0.29) is 5.91 Å². The standard InChI is InChI=1S/C15H14ClNO3/c1-19-12-7-8-14(20-2)13(9-12)17-15(18)10-3-5-11(16)6-4-10/h3-9H,1-2H3,(H,17,18). The van der Waals surface area contributed by atoms with Crippen molar-refractivity contribution in [3.05, 3.63) is 53.1 Å². The molecule has 20 heavy (non-hydrogen) atoms. The molecule has 0 aliphatic rings. The van der Waals surface area contributed by atoms with E-state index in [1.54, 1.807) is 56.7 Å². The predicted octanol–water partition coefficient (Wildman–Crippen LogP) is 3.61. The monoisotopic (exact) mass is 291 g/mol. The van der Waals surface area contributed by atoms with Crippen LogP contribution in [0.25, 0.3) is 0 Å². The number of rotatable bonds is 4. The summed E-state index contributed by atoms with van der Waals surface area (Å²) in [4.78, 5) is 12.1. The third-order valence-corrected chi connectivity index (χ3v) is 3.01. The average Bonchev–Trinajstić information content (AvgIpc) is 2.47. The van der Waals surface area contributed by atoms with Crippen LogP contribution in [0, 0.1) is 0 Å². The summed E-state index contributed by atoms with van der Waals surface area (Å²) in [5.74, 6) is 0.957. The Morgan fingerprint density at radius 1 is 1.05 bits per heavy atom.